The molecule has 2 aromatic rings. The van der Waals surface area contributed by atoms with E-state index in [0.29, 0.717) is 76.8 Å². The summed E-state index contributed by atoms with van der Waals surface area (Å²) in [4.78, 5) is 50.5. The van der Waals surface area contributed by atoms with Gasteiger partial charge >= 0.3 is 18.2 Å². The standard InChI is InChI=1S/C34H43ClF3N7O4S/c1-41-23-2-3-24(41)18-25(17-23)42-9-11-43(12-10-42)31(47)28(16-20-14-26(34(36,37)38)29(46)27(35)15-20)39-32(48)44-7-4-22(5-8-44)45-19-21-6-13-50-30(21)40-33(45)49/h6,13-15,22-25,28,46H,2-5,7-12,16-19H2,1H3,(H,39,48)(H,40,49)/t23?,24?,25?,28-/m1/s1. The molecule has 272 valence electrons. The maximum Gasteiger partial charge on any atom is 0.420 e. The van der Waals surface area contributed by atoms with Gasteiger partial charge in [-0.2, -0.15) is 13.2 Å². The minimum Gasteiger partial charge on any atom is -0.506 e. The lowest BCUT2D eigenvalue weighted by molar-refractivity contribution is -0.138. The second-order valence-corrected chi connectivity index (χ2v) is 15.6. The zero-order valence-electron chi connectivity index (χ0n) is 27.9. The number of likely N-dealkylation sites (tertiary alicyclic amines) is 1. The van der Waals surface area contributed by atoms with Crippen molar-refractivity contribution in [1.82, 2.24) is 29.8 Å². The molecule has 5 aliphatic heterocycles. The van der Waals surface area contributed by atoms with Crippen molar-refractivity contribution in [3.63, 3.8) is 0 Å². The van der Waals surface area contributed by atoms with E-state index in [1.807, 2.05) is 11.4 Å². The molecule has 0 saturated carbocycles. The van der Waals surface area contributed by atoms with Gasteiger partial charge in [0.05, 0.1) is 17.1 Å². The van der Waals surface area contributed by atoms with Crippen molar-refractivity contribution in [3.05, 3.63) is 45.3 Å². The SMILES string of the molecule is CN1C2CCC1CC(N1CCN(C(=O)[C@@H](Cc3cc(Cl)c(O)c(C(F)(F)F)c3)NC(=O)N3CCC(N4Cc5ccsc5NC4=O)CC3)CC1)C2. The highest BCUT2D eigenvalue weighted by molar-refractivity contribution is 7.14. The van der Waals surface area contributed by atoms with E-state index in [4.69, 9.17) is 11.6 Å². The second-order valence-electron chi connectivity index (χ2n) is 14.3. The Morgan fingerprint density at radius 3 is 2.34 bits per heavy atom. The van der Waals surface area contributed by atoms with Gasteiger partial charge in [-0.05, 0) is 74.7 Å². The number of carbonyl (C=O) groups excluding carboxylic acids is 3. The van der Waals surface area contributed by atoms with E-state index in [2.05, 4.69) is 27.5 Å². The van der Waals surface area contributed by atoms with Crippen molar-refractivity contribution in [2.24, 2.45) is 0 Å². The molecule has 0 spiro atoms. The van der Waals surface area contributed by atoms with Crippen LogP contribution in [-0.4, -0.2) is 124 Å². The Labute approximate surface area is 298 Å². The van der Waals surface area contributed by atoms with Crippen LogP contribution in [0.15, 0.2) is 23.6 Å². The maximum atomic E-state index is 14.1. The smallest absolute Gasteiger partial charge is 0.420 e. The Balaban J connectivity index is 1.02. The first kappa shape index (κ1) is 35.1. The fraction of sp³-hybridized carbons (Fsp3) is 0.618. The first-order valence-electron chi connectivity index (χ1n) is 17.4. The monoisotopic (exact) mass is 737 g/mol. The predicted octanol–water partition coefficient (Wildman–Crippen LogP) is 5.03. The average Bonchev–Trinajstić information content (AvgIpc) is 3.61. The number of phenolic OH excluding ortho intramolecular Hbond substituents is 1. The number of alkyl halides is 3. The topological polar surface area (TPSA) is 112 Å². The predicted molar refractivity (Wildman–Crippen MR) is 183 cm³/mol. The molecule has 16 heteroatoms. The van der Waals surface area contributed by atoms with Crippen molar-refractivity contribution in [3.8, 4) is 5.75 Å². The molecule has 0 radical (unpaired) electrons. The number of carbonyl (C=O) groups is 3. The number of urea groups is 2. The van der Waals surface area contributed by atoms with Crippen LogP contribution in [-0.2, 0) is 23.9 Å². The first-order chi connectivity index (χ1) is 23.9. The highest BCUT2D eigenvalue weighted by Crippen LogP contribution is 2.41. The minimum absolute atomic E-state index is 0.0690. The van der Waals surface area contributed by atoms with E-state index in [9.17, 15) is 32.7 Å². The van der Waals surface area contributed by atoms with Crippen molar-refractivity contribution in [2.45, 2.75) is 87.9 Å². The summed E-state index contributed by atoms with van der Waals surface area (Å²) in [7, 11) is 2.21. The summed E-state index contributed by atoms with van der Waals surface area (Å²) in [5, 5.41) is 18.1. The molecule has 1 aromatic carbocycles. The summed E-state index contributed by atoms with van der Waals surface area (Å²) in [6.45, 7) is 3.47. The molecular formula is C34H43ClF3N7O4S. The lowest BCUT2D eigenvalue weighted by Crippen LogP contribution is -2.60. The molecule has 4 saturated heterocycles. The number of aromatic hydroxyl groups is 1. The third-order valence-corrected chi connectivity index (χ3v) is 12.6. The summed E-state index contributed by atoms with van der Waals surface area (Å²) >= 11 is 7.50. The van der Waals surface area contributed by atoms with E-state index in [0.717, 1.165) is 29.5 Å². The molecule has 5 aliphatic rings. The summed E-state index contributed by atoms with van der Waals surface area (Å²) in [5.41, 5.74) is -0.170. The number of amides is 5. The van der Waals surface area contributed by atoms with Crippen LogP contribution in [0, 0.1) is 0 Å². The van der Waals surface area contributed by atoms with Gasteiger partial charge < -0.3 is 30.0 Å². The van der Waals surface area contributed by atoms with Crippen LogP contribution in [0.25, 0.3) is 0 Å². The van der Waals surface area contributed by atoms with Crippen LogP contribution in [0.4, 0.5) is 27.8 Å². The van der Waals surface area contributed by atoms with E-state index < -0.39 is 34.6 Å². The quantitative estimate of drug-likeness (QED) is 0.384. The number of thiophene rings is 1. The number of rotatable bonds is 6. The Kier molecular flexibility index (Phi) is 9.87. The van der Waals surface area contributed by atoms with Gasteiger partial charge in [0, 0.05) is 75.4 Å². The number of nitrogens with one attached hydrogen (secondary N) is 2. The molecular weight excluding hydrogens is 695 g/mol. The largest absolute Gasteiger partial charge is 0.506 e. The summed E-state index contributed by atoms with van der Waals surface area (Å²) in [5.74, 6) is -1.44. The zero-order valence-corrected chi connectivity index (χ0v) is 29.5. The fourth-order valence-electron chi connectivity index (χ4n) is 8.54. The number of hydrogen-bond donors (Lipinski definition) is 3. The number of halogens is 4. The van der Waals surface area contributed by atoms with Crippen LogP contribution in [0.1, 0.15) is 55.2 Å². The van der Waals surface area contributed by atoms with Crippen molar-refractivity contribution >= 4 is 45.9 Å². The lowest BCUT2D eigenvalue weighted by atomic mass is 9.95. The van der Waals surface area contributed by atoms with Gasteiger partial charge in [-0.3, -0.25) is 15.0 Å². The van der Waals surface area contributed by atoms with Gasteiger partial charge in [0.15, 0.2) is 0 Å². The number of fused-ring (bicyclic) bond motifs is 3. The van der Waals surface area contributed by atoms with Gasteiger partial charge in [0.25, 0.3) is 0 Å². The van der Waals surface area contributed by atoms with Crippen molar-refractivity contribution < 1.29 is 32.7 Å². The molecule has 50 heavy (non-hydrogen) atoms. The molecule has 3 atom stereocenters. The molecule has 2 unspecified atom stereocenters. The molecule has 4 fully saturated rings. The van der Waals surface area contributed by atoms with Gasteiger partial charge in [-0.1, -0.05) is 11.6 Å². The maximum absolute atomic E-state index is 14.1. The van der Waals surface area contributed by atoms with Crippen LogP contribution in [0.2, 0.25) is 5.02 Å². The molecule has 0 aliphatic carbocycles. The van der Waals surface area contributed by atoms with Gasteiger partial charge in [-0.15, -0.1) is 11.3 Å². The van der Waals surface area contributed by atoms with E-state index in [1.165, 1.54) is 30.2 Å². The highest BCUT2D eigenvalue weighted by Gasteiger charge is 2.42. The molecule has 6 heterocycles. The first-order valence-corrected chi connectivity index (χ1v) is 18.6. The average molecular weight is 738 g/mol. The Bertz CT molecular complexity index is 1600. The van der Waals surface area contributed by atoms with Crippen molar-refractivity contribution in [1.29, 1.82) is 0 Å². The van der Waals surface area contributed by atoms with Crippen molar-refractivity contribution in [2.75, 3.05) is 51.6 Å². The Morgan fingerprint density at radius 2 is 1.68 bits per heavy atom. The number of piperidine rings is 2. The Hall–Kier alpha value is -3.27. The molecule has 5 amide bonds. The number of phenols is 1. The normalized spacial score (nSPS) is 25.7. The van der Waals surface area contributed by atoms with E-state index in [1.54, 1.807) is 14.7 Å². The van der Waals surface area contributed by atoms with E-state index >= 15 is 0 Å². The number of benzene rings is 1. The number of nitrogens with zero attached hydrogens (tertiary/aromatic N) is 5. The van der Waals surface area contributed by atoms with Crippen LogP contribution in [0.3, 0.4) is 0 Å². The number of hydrogen-bond acceptors (Lipinski definition) is 7. The lowest BCUT2D eigenvalue weighted by Gasteiger charge is -2.45. The van der Waals surface area contributed by atoms with E-state index in [-0.39, 0.29) is 30.0 Å². The van der Waals surface area contributed by atoms with Crippen LogP contribution < -0.4 is 10.6 Å². The van der Waals surface area contributed by atoms with Crippen LogP contribution >= 0.6 is 22.9 Å². The molecule has 7 rings (SSSR count). The number of anilines is 1. The third kappa shape index (κ3) is 7.10. The highest BCUT2D eigenvalue weighted by atomic mass is 35.5. The summed E-state index contributed by atoms with van der Waals surface area (Å²) in [6, 6.07) is 3.74. The summed E-state index contributed by atoms with van der Waals surface area (Å²) < 4.78 is 41.3. The fourth-order valence-corrected chi connectivity index (χ4v) is 9.58. The molecule has 1 aromatic heterocycles. The van der Waals surface area contributed by atoms with Gasteiger partial charge in [0.2, 0.25) is 5.91 Å². The van der Waals surface area contributed by atoms with Gasteiger partial charge in [0.1, 0.15) is 16.8 Å². The third-order valence-electron chi connectivity index (χ3n) is 11.4. The minimum atomic E-state index is -4.86. The second kappa shape index (κ2) is 14.0. The Morgan fingerprint density at radius 1 is 1.00 bits per heavy atom. The number of piperazine rings is 1. The van der Waals surface area contributed by atoms with Gasteiger partial charge in [-0.25, -0.2) is 9.59 Å². The molecule has 3 N–H and O–H groups in total. The zero-order chi connectivity index (χ0) is 35.3. The molecule has 2 bridgehead atoms. The van der Waals surface area contributed by atoms with Crippen LogP contribution in [0.5, 0.6) is 5.75 Å². The summed E-state index contributed by atoms with van der Waals surface area (Å²) in [6.07, 6.45) is 0.639. The molecule has 11 nitrogen and oxygen atoms in total.